The van der Waals surface area contributed by atoms with Crippen molar-refractivity contribution in [2.24, 2.45) is 0 Å². The standard InChI is InChI=1S/C18H14N4S/c1-23-18-20-19-17-12-11-16(21-22(17)18)15-9-7-14(8-10-15)13-5-3-2-4-6-13/h2-12H,1H3. The lowest BCUT2D eigenvalue weighted by molar-refractivity contribution is 0.814. The van der Waals surface area contributed by atoms with Gasteiger partial charge in [0.05, 0.1) is 5.69 Å². The number of hydrogen-bond donors (Lipinski definition) is 0. The van der Waals surface area contributed by atoms with Crippen molar-refractivity contribution in [1.29, 1.82) is 0 Å². The third-order valence-electron chi connectivity index (χ3n) is 3.70. The summed E-state index contributed by atoms with van der Waals surface area (Å²) in [7, 11) is 0. The van der Waals surface area contributed by atoms with E-state index in [9.17, 15) is 0 Å². The van der Waals surface area contributed by atoms with Gasteiger partial charge in [0.2, 0.25) is 5.16 Å². The van der Waals surface area contributed by atoms with E-state index >= 15 is 0 Å². The lowest BCUT2D eigenvalue weighted by Gasteiger charge is -2.05. The smallest absolute Gasteiger partial charge is 0.187 e. The molecule has 112 valence electrons. The van der Waals surface area contributed by atoms with Gasteiger partial charge in [0.15, 0.2) is 5.65 Å². The Balaban J connectivity index is 1.73. The van der Waals surface area contributed by atoms with Crippen LogP contribution in [0, 0.1) is 0 Å². The van der Waals surface area contributed by atoms with Crippen molar-refractivity contribution >= 4 is 17.4 Å². The molecule has 4 aromatic rings. The first-order chi connectivity index (χ1) is 11.3. The molecule has 0 saturated carbocycles. The topological polar surface area (TPSA) is 43.1 Å². The SMILES string of the molecule is CSc1nnc2ccc(-c3ccc(-c4ccccc4)cc3)nn12. The molecular weight excluding hydrogens is 304 g/mol. The van der Waals surface area contributed by atoms with Crippen LogP contribution in [0.1, 0.15) is 0 Å². The Bertz CT molecular complexity index is 946. The molecule has 5 heteroatoms. The summed E-state index contributed by atoms with van der Waals surface area (Å²) in [4.78, 5) is 0. The molecule has 0 atom stereocenters. The van der Waals surface area contributed by atoms with Gasteiger partial charge in [-0.25, -0.2) is 0 Å². The van der Waals surface area contributed by atoms with Gasteiger partial charge in [0.1, 0.15) is 0 Å². The quantitative estimate of drug-likeness (QED) is 0.532. The summed E-state index contributed by atoms with van der Waals surface area (Å²) in [5.74, 6) is 0. The molecular formula is C18H14N4S. The van der Waals surface area contributed by atoms with E-state index in [-0.39, 0.29) is 0 Å². The Morgan fingerprint density at radius 1 is 0.739 bits per heavy atom. The normalized spacial score (nSPS) is 11.0. The fraction of sp³-hybridized carbons (Fsp3) is 0.0556. The van der Waals surface area contributed by atoms with E-state index in [0.717, 1.165) is 22.1 Å². The maximum absolute atomic E-state index is 4.65. The molecule has 0 aliphatic carbocycles. The van der Waals surface area contributed by atoms with Crippen molar-refractivity contribution in [3.05, 3.63) is 66.7 Å². The molecule has 0 bridgehead atoms. The molecule has 0 aliphatic heterocycles. The number of nitrogens with zero attached hydrogens (tertiary/aromatic N) is 4. The monoisotopic (exact) mass is 318 g/mol. The van der Waals surface area contributed by atoms with Crippen LogP contribution in [0.3, 0.4) is 0 Å². The number of thioether (sulfide) groups is 1. The molecule has 2 aromatic heterocycles. The molecule has 23 heavy (non-hydrogen) atoms. The Morgan fingerprint density at radius 3 is 2.17 bits per heavy atom. The third-order valence-corrected chi connectivity index (χ3v) is 4.32. The average Bonchev–Trinajstić information content (AvgIpc) is 3.05. The van der Waals surface area contributed by atoms with Crippen molar-refractivity contribution < 1.29 is 0 Å². The number of fused-ring (bicyclic) bond motifs is 1. The van der Waals surface area contributed by atoms with Crippen LogP contribution in [0.15, 0.2) is 71.9 Å². The molecule has 0 N–H and O–H groups in total. The summed E-state index contributed by atoms with van der Waals surface area (Å²) in [6.07, 6.45) is 1.97. The first-order valence-electron chi connectivity index (χ1n) is 7.27. The molecule has 4 rings (SSSR count). The van der Waals surface area contributed by atoms with Gasteiger partial charge >= 0.3 is 0 Å². The van der Waals surface area contributed by atoms with Gasteiger partial charge in [-0.05, 0) is 29.5 Å². The van der Waals surface area contributed by atoms with Crippen molar-refractivity contribution in [1.82, 2.24) is 19.8 Å². The Morgan fingerprint density at radius 2 is 1.43 bits per heavy atom. The van der Waals surface area contributed by atoms with Crippen LogP contribution in [0.2, 0.25) is 0 Å². The van der Waals surface area contributed by atoms with Crippen LogP contribution in [-0.4, -0.2) is 26.1 Å². The molecule has 0 radical (unpaired) electrons. The van der Waals surface area contributed by atoms with Gasteiger partial charge in [0.25, 0.3) is 0 Å². The van der Waals surface area contributed by atoms with Crippen molar-refractivity contribution in [3.63, 3.8) is 0 Å². The van der Waals surface area contributed by atoms with Gasteiger partial charge < -0.3 is 0 Å². The lowest BCUT2D eigenvalue weighted by atomic mass is 10.0. The molecule has 0 spiro atoms. The van der Waals surface area contributed by atoms with E-state index in [0.29, 0.717) is 0 Å². The second kappa shape index (κ2) is 5.85. The Kier molecular flexibility index (Phi) is 3.55. The summed E-state index contributed by atoms with van der Waals surface area (Å²) in [6.45, 7) is 0. The van der Waals surface area contributed by atoms with Gasteiger partial charge in [-0.15, -0.1) is 10.2 Å². The highest BCUT2D eigenvalue weighted by atomic mass is 32.2. The second-order valence-corrected chi connectivity index (χ2v) is 5.89. The van der Waals surface area contributed by atoms with Gasteiger partial charge in [-0.2, -0.15) is 9.61 Å². The second-order valence-electron chi connectivity index (χ2n) is 5.12. The molecule has 2 aromatic carbocycles. The van der Waals surface area contributed by atoms with Gasteiger partial charge in [0, 0.05) is 5.56 Å². The number of benzene rings is 2. The van der Waals surface area contributed by atoms with Crippen molar-refractivity contribution in [2.45, 2.75) is 5.16 Å². The minimum Gasteiger partial charge on any atom is -0.187 e. The van der Waals surface area contributed by atoms with Crippen LogP contribution in [0.25, 0.3) is 28.0 Å². The molecule has 0 aliphatic rings. The largest absolute Gasteiger partial charge is 0.212 e. The number of rotatable bonds is 3. The summed E-state index contributed by atoms with van der Waals surface area (Å²) in [5, 5.41) is 13.7. The highest BCUT2D eigenvalue weighted by Gasteiger charge is 2.08. The summed E-state index contributed by atoms with van der Waals surface area (Å²) < 4.78 is 1.78. The summed E-state index contributed by atoms with van der Waals surface area (Å²) in [5.41, 5.74) is 5.16. The van der Waals surface area contributed by atoms with Crippen LogP contribution >= 0.6 is 11.8 Å². The van der Waals surface area contributed by atoms with Crippen LogP contribution in [-0.2, 0) is 0 Å². The molecule has 0 unspecified atom stereocenters. The lowest BCUT2D eigenvalue weighted by Crippen LogP contribution is -1.95. The fourth-order valence-corrected chi connectivity index (χ4v) is 2.94. The molecule has 2 heterocycles. The predicted molar refractivity (Wildman–Crippen MR) is 93.4 cm³/mol. The van der Waals surface area contributed by atoms with E-state index < -0.39 is 0 Å². The van der Waals surface area contributed by atoms with Crippen molar-refractivity contribution in [3.8, 4) is 22.4 Å². The maximum atomic E-state index is 4.65. The highest BCUT2D eigenvalue weighted by molar-refractivity contribution is 7.98. The fourth-order valence-electron chi connectivity index (χ4n) is 2.51. The van der Waals surface area contributed by atoms with Crippen molar-refractivity contribution in [2.75, 3.05) is 6.26 Å². The third kappa shape index (κ3) is 2.59. The zero-order valence-corrected chi connectivity index (χ0v) is 13.4. The molecule has 0 saturated heterocycles. The van der Waals surface area contributed by atoms with Crippen LogP contribution in [0.5, 0.6) is 0 Å². The van der Waals surface area contributed by atoms with Crippen LogP contribution in [0.4, 0.5) is 0 Å². The Hall–Kier alpha value is -2.66. The zero-order chi connectivity index (χ0) is 15.6. The number of hydrogen-bond acceptors (Lipinski definition) is 4. The van der Waals surface area contributed by atoms with E-state index in [4.69, 9.17) is 0 Å². The molecule has 4 nitrogen and oxygen atoms in total. The van der Waals surface area contributed by atoms with Crippen LogP contribution < -0.4 is 0 Å². The minimum atomic E-state index is 0.763. The summed E-state index contributed by atoms with van der Waals surface area (Å²) in [6, 6.07) is 22.7. The van der Waals surface area contributed by atoms with Gasteiger partial charge in [-0.1, -0.05) is 66.4 Å². The minimum absolute atomic E-state index is 0.763. The Labute approximate surface area is 138 Å². The first kappa shape index (κ1) is 14.0. The molecule has 0 amide bonds. The highest BCUT2D eigenvalue weighted by Crippen LogP contribution is 2.24. The van der Waals surface area contributed by atoms with E-state index in [1.54, 1.807) is 4.52 Å². The van der Waals surface area contributed by atoms with E-state index in [1.165, 1.54) is 22.9 Å². The predicted octanol–water partition coefficient (Wildman–Crippen LogP) is 4.18. The maximum Gasteiger partial charge on any atom is 0.212 e. The zero-order valence-electron chi connectivity index (χ0n) is 12.5. The summed E-state index contributed by atoms with van der Waals surface area (Å²) >= 11 is 1.54. The first-order valence-corrected chi connectivity index (χ1v) is 8.50. The van der Waals surface area contributed by atoms with E-state index in [1.807, 2.05) is 24.5 Å². The van der Waals surface area contributed by atoms with Gasteiger partial charge in [-0.3, -0.25) is 0 Å². The molecule has 0 fully saturated rings. The van der Waals surface area contributed by atoms with E-state index in [2.05, 4.69) is 63.8 Å². The average molecular weight is 318 g/mol. The number of aromatic nitrogens is 4.